The topological polar surface area (TPSA) is 70.1 Å². The monoisotopic (exact) mass is 425 g/mol. The Morgan fingerprint density at radius 3 is 2.15 bits per heavy atom. The summed E-state index contributed by atoms with van der Waals surface area (Å²) in [6, 6.07) is 13.5. The molecule has 0 N–H and O–H groups in total. The summed E-state index contributed by atoms with van der Waals surface area (Å²) in [4.78, 5) is 39.5. The van der Waals surface area contributed by atoms with Crippen LogP contribution in [0.1, 0.15) is 12.5 Å². The first kappa shape index (κ1) is 17.6. The predicted octanol–water partition coefficient (Wildman–Crippen LogP) is 3.08. The number of anilines is 2. The quantitative estimate of drug-likeness (QED) is 0.708. The first-order chi connectivity index (χ1) is 12.9. The van der Waals surface area contributed by atoms with Crippen LogP contribution in [0.15, 0.2) is 58.1 Å². The van der Waals surface area contributed by atoms with Crippen molar-refractivity contribution in [1.82, 2.24) is 0 Å². The van der Waals surface area contributed by atoms with E-state index in [1.54, 1.807) is 24.3 Å². The maximum Gasteiger partial charge on any atom is 0.259 e. The second-order valence-corrected chi connectivity index (χ2v) is 7.55. The van der Waals surface area contributed by atoms with Crippen LogP contribution in [-0.4, -0.2) is 29.4 Å². The molecule has 2 aliphatic heterocycles. The van der Waals surface area contributed by atoms with Crippen LogP contribution in [0.3, 0.4) is 0 Å². The predicted molar refractivity (Wildman–Crippen MR) is 106 cm³/mol. The van der Waals surface area contributed by atoms with E-state index in [-0.39, 0.29) is 17.4 Å². The number of aryl methyl sites for hydroxylation is 1. The highest BCUT2D eigenvalue weighted by Crippen LogP contribution is 2.38. The van der Waals surface area contributed by atoms with Crippen molar-refractivity contribution < 1.29 is 14.4 Å². The lowest BCUT2D eigenvalue weighted by Gasteiger charge is -2.22. The van der Waals surface area contributed by atoms with Crippen molar-refractivity contribution in [3.05, 3.63) is 58.6 Å². The molecule has 0 aromatic heterocycles. The molecule has 4 rings (SSSR count). The van der Waals surface area contributed by atoms with Gasteiger partial charge in [-0.15, -0.1) is 0 Å². The lowest BCUT2D eigenvalue weighted by Crippen LogP contribution is -2.39. The SMILES string of the molecule is CC(=O)C1=NN(c2ccc(Br)cc2)[C@@H]2C(=O)N(c3ccc(C)cc3)C(=O)[C@H]12. The molecule has 2 aliphatic rings. The molecule has 2 heterocycles. The van der Waals surface area contributed by atoms with Crippen LogP contribution in [0.25, 0.3) is 0 Å². The zero-order valence-electron chi connectivity index (χ0n) is 14.7. The number of halogens is 1. The zero-order chi connectivity index (χ0) is 19.3. The van der Waals surface area contributed by atoms with Gasteiger partial charge in [-0.25, -0.2) is 4.90 Å². The minimum absolute atomic E-state index is 0.121. The summed E-state index contributed by atoms with van der Waals surface area (Å²) in [7, 11) is 0. The van der Waals surface area contributed by atoms with Crippen molar-refractivity contribution in [2.24, 2.45) is 11.0 Å². The fourth-order valence-corrected chi connectivity index (χ4v) is 3.72. The van der Waals surface area contributed by atoms with E-state index in [1.807, 2.05) is 31.2 Å². The molecule has 7 heteroatoms. The number of hydrogen-bond acceptors (Lipinski definition) is 5. The molecule has 0 unspecified atom stereocenters. The molecule has 0 spiro atoms. The molecule has 2 aromatic carbocycles. The van der Waals surface area contributed by atoms with Gasteiger partial charge in [0.25, 0.3) is 5.91 Å². The summed E-state index contributed by atoms with van der Waals surface area (Å²) < 4.78 is 0.882. The molecule has 0 saturated carbocycles. The van der Waals surface area contributed by atoms with Crippen LogP contribution < -0.4 is 9.91 Å². The number of rotatable bonds is 3. The molecule has 6 nitrogen and oxygen atoms in total. The fraction of sp³-hybridized carbons (Fsp3) is 0.200. The van der Waals surface area contributed by atoms with E-state index >= 15 is 0 Å². The maximum absolute atomic E-state index is 13.2. The highest BCUT2D eigenvalue weighted by molar-refractivity contribution is 9.10. The highest BCUT2D eigenvalue weighted by Gasteiger charge is 2.58. The number of amides is 2. The van der Waals surface area contributed by atoms with Crippen molar-refractivity contribution in [2.45, 2.75) is 19.9 Å². The van der Waals surface area contributed by atoms with Crippen molar-refractivity contribution in [2.75, 3.05) is 9.91 Å². The van der Waals surface area contributed by atoms with Gasteiger partial charge in [-0.2, -0.15) is 5.10 Å². The number of imide groups is 1. The van der Waals surface area contributed by atoms with E-state index < -0.39 is 17.9 Å². The average molecular weight is 426 g/mol. The van der Waals surface area contributed by atoms with Gasteiger partial charge in [0.2, 0.25) is 5.91 Å². The molecule has 0 aliphatic carbocycles. The van der Waals surface area contributed by atoms with E-state index in [0.29, 0.717) is 11.4 Å². The maximum atomic E-state index is 13.2. The van der Waals surface area contributed by atoms with Gasteiger partial charge in [-0.3, -0.25) is 19.4 Å². The summed E-state index contributed by atoms with van der Waals surface area (Å²) in [5.41, 5.74) is 2.30. The molecule has 1 fully saturated rings. The molecule has 0 radical (unpaired) electrons. The van der Waals surface area contributed by atoms with Gasteiger partial charge in [0, 0.05) is 11.4 Å². The van der Waals surface area contributed by atoms with Gasteiger partial charge >= 0.3 is 0 Å². The van der Waals surface area contributed by atoms with Crippen LogP contribution >= 0.6 is 15.9 Å². The Morgan fingerprint density at radius 2 is 1.56 bits per heavy atom. The lowest BCUT2D eigenvalue weighted by molar-refractivity contribution is -0.122. The minimum atomic E-state index is -0.889. The number of nitrogens with zero attached hydrogens (tertiary/aromatic N) is 3. The second kappa shape index (κ2) is 6.42. The van der Waals surface area contributed by atoms with Crippen LogP contribution in [0, 0.1) is 12.8 Å². The fourth-order valence-electron chi connectivity index (χ4n) is 3.46. The van der Waals surface area contributed by atoms with Gasteiger partial charge in [0.1, 0.15) is 17.7 Å². The van der Waals surface area contributed by atoms with E-state index in [2.05, 4.69) is 21.0 Å². The average Bonchev–Trinajstić information content (AvgIpc) is 3.15. The summed E-state index contributed by atoms with van der Waals surface area (Å²) in [6.45, 7) is 3.30. The van der Waals surface area contributed by atoms with Gasteiger partial charge in [0.05, 0.1) is 11.4 Å². The second-order valence-electron chi connectivity index (χ2n) is 6.63. The highest BCUT2D eigenvalue weighted by atomic mass is 79.9. The Labute approximate surface area is 164 Å². The standard InChI is InChI=1S/C20H16BrN3O3/c1-11-3-7-14(8-4-11)23-19(26)16-17(12(2)25)22-24(18(16)20(23)27)15-9-5-13(21)6-10-15/h3-10,16,18H,1-2H3/t16-,18+/m1/s1. The van der Waals surface area contributed by atoms with E-state index in [1.165, 1.54) is 11.9 Å². The van der Waals surface area contributed by atoms with Crippen LogP contribution in [0.4, 0.5) is 11.4 Å². The summed E-state index contributed by atoms with van der Waals surface area (Å²) in [5, 5.41) is 5.82. The van der Waals surface area contributed by atoms with Crippen LogP contribution in [0.5, 0.6) is 0 Å². The van der Waals surface area contributed by atoms with E-state index in [9.17, 15) is 14.4 Å². The van der Waals surface area contributed by atoms with E-state index in [0.717, 1.165) is 14.9 Å². The number of fused-ring (bicyclic) bond motifs is 1. The third kappa shape index (κ3) is 2.78. The molecule has 2 atom stereocenters. The smallest absolute Gasteiger partial charge is 0.259 e. The Morgan fingerprint density at radius 1 is 0.963 bits per heavy atom. The molecule has 136 valence electrons. The Balaban J connectivity index is 1.79. The molecule has 27 heavy (non-hydrogen) atoms. The van der Waals surface area contributed by atoms with Gasteiger partial charge in [-0.05, 0) is 43.3 Å². The van der Waals surface area contributed by atoms with Crippen LogP contribution in [0.2, 0.25) is 0 Å². The summed E-state index contributed by atoms with van der Waals surface area (Å²) >= 11 is 3.38. The number of carbonyl (C=O) groups excluding carboxylic acids is 3. The third-order valence-corrected chi connectivity index (χ3v) is 5.32. The Bertz CT molecular complexity index is 983. The number of hydrazone groups is 1. The Kier molecular flexibility index (Phi) is 4.19. The van der Waals surface area contributed by atoms with Crippen LogP contribution in [-0.2, 0) is 14.4 Å². The summed E-state index contributed by atoms with van der Waals surface area (Å²) in [5.74, 6) is -1.99. The van der Waals surface area contributed by atoms with Crippen molar-refractivity contribution in [3.8, 4) is 0 Å². The number of Topliss-reactive ketones (excluding diaryl/α,β-unsaturated/α-hetero) is 1. The molecule has 2 aromatic rings. The number of ketones is 1. The molecule has 1 saturated heterocycles. The number of carbonyl (C=O) groups is 3. The summed E-state index contributed by atoms with van der Waals surface area (Å²) in [6.07, 6.45) is 0. The molecular formula is C20H16BrN3O3. The lowest BCUT2D eigenvalue weighted by atomic mass is 9.95. The molecular weight excluding hydrogens is 410 g/mol. The Hall–Kier alpha value is -2.80. The first-order valence-electron chi connectivity index (χ1n) is 8.47. The largest absolute Gasteiger partial charge is 0.293 e. The third-order valence-electron chi connectivity index (χ3n) is 4.79. The first-order valence-corrected chi connectivity index (χ1v) is 9.26. The molecule has 0 bridgehead atoms. The van der Waals surface area contributed by atoms with Crippen molar-refractivity contribution >= 4 is 50.6 Å². The normalized spacial score (nSPS) is 21.5. The van der Waals surface area contributed by atoms with Gasteiger partial charge < -0.3 is 0 Å². The van der Waals surface area contributed by atoms with Gasteiger partial charge in [-0.1, -0.05) is 33.6 Å². The van der Waals surface area contributed by atoms with Crippen molar-refractivity contribution in [1.29, 1.82) is 0 Å². The zero-order valence-corrected chi connectivity index (χ0v) is 16.3. The number of hydrogen-bond donors (Lipinski definition) is 0. The van der Waals surface area contributed by atoms with E-state index in [4.69, 9.17) is 0 Å². The van der Waals surface area contributed by atoms with Crippen molar-refractivity contribution in [3.63, 3.8) is 0 Å². The van der Waals surface area contributed by atoms with Gasteiger partial charge in [0.15, 0.2) is 5.78 Å². The minimum Gasteiger partial charge on any atom is -0.293 e. The number of benzene rings is 2. The molecule has 2 amide bonds.